The molecule has 0 spiro atoms. The summed E-state index contributed by atoms with van der Waals surface area (Å²) >= 11 is 0. The Bertz CT molecular complexity index is 685. The predicted molar refractivity (Wildman–Crippen MR) is 82.3 cm³/mol. The van der Waals surface area contributed by atoms with Crippen LogP contribution in [0, 0.1) is 0 Å². The maximum absolute atomic E-state index is 11.3. The zero-order valence-corrected chi connectivity index (χ0v) is 13.1. The molecule has 1 aromatic carbocycles. The van der Waals surface area contributed by atoms with E-state index in [0.717, 1.165) is 18.4 Å². The number of piperidine rings is 1. The number of carboxylic acid groups (broad SMARTS) is 1. The van der Waals surface area contributed by atoms with Crippen LogP contribution in [0.25, 0.3) is 0 Å². The first-order valence-corrected chi connectivity index (χ1v) is 7.82. The molecule has 8 heteroatoms. The zero-order valence-electron chi connectivity index (χ0n) is 13.1. The molecule has 128 valence electrons. The van der Waals surface area contributed by atoms with Crippen molar-refractivity contribution in [3.8, 4) is 5.75 Å². The van der Waals surface area contributed by atoms with Crippen LogP contribution in [-0.4, -0.2) is 37.9 Å². The fourth-order valence-electron chi connectivity index (χ4n) is 2.73. The summed E-state index contributed by atoms with van der Waals surface area (Å²) in [5.74, 6) is 1.30. The van der Waals surface area contributed by atoms with Gasteiger partial charge in [0.2, 0.25) is 0 Å². The Morgan fingerprint density at radius 3 is 2.83 bits per heavy atom. The van der Waals surface area contributed by atoms with Crippen LogP contribution in [0.5, 0.6) is 5.75 Å². The molecule has 1 amide bonds. The van der Waals surface area contributed by atoms with Crippen LogP contribution in [0.1, 0.15) is 42.6 Å². The Morgan fingerprint density at radius 1 is 1.33 bits per heavy atom. The predicted octanol–water partition coefficient (Wildman–Crippen LogP) is 2.35. The zero-order chi connectivity index (χ0) is 16.9. The van der Waals surface area contributed by atoms with Crippen LogP contribution in [0.2, 0.25) is 0 Å². The van der Waals surface area contributed by atoms with Gasteiger partial charge in [-0.2, -0.15) is 4.98 Å². The van der Waals surface area contributed by atoms with Gasteiger partial charge in [0.1, 0.15) is 5.75 Å². The molecule has 0 bridgehead atoms. The molecule has 1 saturated heterocycles. The molecular weight excluding hydrogens is 314 g/mol. The second-order valence-electron chi connectivity index (χ2n) is 5.62. The first kappa shape index (κ1) is 16.3. The van der Waals surface area contributed by atoms with Gasteiger partial charge in [0.25, 0.3) is 5.89 Å². The maximum Gasteiger partial charge on any atom is 0.407 e. The summed E-state index contributed by atoms with van der Waals surface area (Å²) in [6.45, 7) is 0.567. The van der Waals surface area contributed by atoms with Crippen LogP contribution >= 0.6 is 0 Å². The van der Waals surface area contributed by atoms with Crippen LogP contribution in [0.15, 0.2) is 28.8 Å². The van der Waals surface area contributed by atoms with Gasteiger partial charge < -0.3 is 19.5 Å². The first-order chi connectivity index (χ1) is 11.7. The van der Waals surface area contributed by atoms with Crippen LogP contribution < -0.4 is 4.74 Å². The molecule has 1 atom stereocenters. The van der Waals surface area contributed by atoms with Gasteiger partial charge in [-0.3, -0.25) is 4.90 Å². The van der Waals surface area contributed by atoms with E-state index in [1.165, 1.54) is 4.90 Å². The third kappa shape index (κ3) is 3.65. The van der Waals surface area contributed by atoms with Gasteiger partial charge in [0.05, 0.1) is 12.6 Å². The molecular formula is C16H19N3O5. The lowest BCUT2D eigenvalue weighted by molar-refractivity contribution is 0.103. The van der Waals surface area contributed by atoms with E-state index in [0.29, 0.717) is 30.4 Å². The van der Waals surface area contributed by atoms with Crippen molar-refractivity contribution in [2.45, 2.75) is 38.5 Å². The van der Waals surface area contributed by atoms with Gasteiger partial charge in [0, 0.05) is 6.54 Å². The lowest BCUT2D eigenvalue weighted by Crippen LogP contribution is -2.37. The minimum Gasteiger partial charge on any atom is -0.484 e. The number of rotatable bonds is 5. The Morgan fingerprint density at radius 2 is 2.12 bits per heavy atom. The third-order valence-electron chi connectivity index (χ3n) is 4.00. The van der Waals surface area contributed by atoms with E-state index in [1.807, 2.05) is 0 Å². The van der Waals surface area contributed by atoms with Crippen molar-refractivity contribution in [3.63, 3.8) is 0 Å². The second-order valence-corrected chi connectivity index (χ2v) is 5.62. The third-order valence-corrected chi connectivity index (χ3v) is 4.00. The van der Waals surface area contributed by atoms with Crippen molar-refractivity contribution in [2.75, 3.05) is 6.54 Å². The highest BCUT2D eigenvalue weighted by Crippen LogP contribution is 2.29. The summed E-state index contributed by atoms with van der Waals surface area (Å²) in [5, 5.41) is 22.2. The number of aliphatic hydroxyl groups is 1. The number of nitrogens with zero attached hydrogens (tertiary/aromatic N) is 3. The number of likely N-dealkylation sites (tertiary alicyclic amines) is 1. The van der Waals surface area contributed by atoms with Crippen molar-refractivity contribution in [1.29, 1.82) is 0 Å². The number of ether oxygens (including phenoxy) is 1. The van der Waals surface area contributed by atoms with E-state index in [9.17, 15) is 9.90 Å². The van der Waals surface area contributed by atoms with Crippen molar-refractivity contribution < 1.29 is 24.3 Å². The van der Waals surface area contributed by atoms with Crippen LogP contribution in [0.3, 0.4) is 0 Å². The first-order valence-electron chi connectivity index (χ1n) is 7.82. The number of benzene rings is 1. The molecule has 0 saturated carbocycles. The Kier molecular flexibility index (Phi) is 4.95. The largest absolute Gasteiger partial charge is 0.484 e. The summed E-state index contributed by atoms with van der Waals surface area (Å²) in [6, 6.07) is 6.66. The number of aliphatic hydroxyl groups excluding tert-OH is 1. The molecule has 2 heterocycles. The topological polar surface area (TPSA) is 109 Å². The van der Waals surface area contributed by atoms with Gasteiger partial charge in [-0.15, -0.1) is 0 Å². The summed E-state index contributed by atoms with van der Waals surface area (Å²) in [7, 11) is 0. The minimum atomic E-state index is -0.966. The number of hydrogen-bond donors (Lipinski definition) is 2. The quantitative estimate of drug-likeness (QED) is 0.864. The molecule has 8 nitrogen and oxygen atoms in total. The van der Waals surface area contributed by atoms with Crippen molar-refractivity contribution in [2.24, 2.45) is 0 Å². The molecule has 0 radical (unpaired) electrons. The molecule has 0 unspecified atom stereocenters. The van der Waals surface area contributed by atoms with Crippen LogP contribution in [0.4, 0.5) is 4.79 Å². The Labute approximate surface area is 138 Å². The standard InChI is InChI=1S/C16H19N3O5/c20-9-11-4-6-12(7-5-11)23-10-14-17-15(18-24-14)13-3-1-2-8-19(13)16(21)22/h4-7,13,20H,1-3,8-10H2,(H,21,22)/t13-/m0/s1. The molecule has 2 N–H and O–H groups in total. The number of hydrogen-bond acceptors (Lipinski definition) is 6. The van der Waals surface area contributed by atoms with E-state index in [-0.39, 0.29) is 19.3 Å². The van der Waals surface area contributed by atoms with Crippen molar-refractivity contribution >= 4 is 6.09 Å². The molecule has 1 aromatic heterocycles. The summed E-state index contributed by atoms with van der Waals surface area (Å²) in [4.78, 5) is 16.9. The van der Waals surface area contributed by atoms with E-state index < -0.39 is 6.09 Å². The van der Waals surface area contributed by atoms with Gasteiger partial charge in [-0.1, -0.05) is 17.3 Å². The van der Waals surface area contributed by atoms with Gasteiger partial charge in [0.15, 0.2) is 12.4 Å². The average molecular weight is 333 g/mol. The highest BCUT2D eigenvalue weighted by molar-refractivity contribution is 5.65. The number of aromatic nitrogens is 2. The van der Waals surface area contributed by atoms with Gasteiger partial charge >= 0.3 is 6.09 Å². The Hall–Kier alpha value is -2.61. The average Bonchev–Trinajstić information content (AvgIpc) is 3.09. The van der Waals surface area contributed by atoms with Gasteiger partial charge in [-0.05, 0) is 37.0 Å². The summed E-state index contributed by atoms with van der Waals surface area (Å²) < 4.78 is 10.7. The number of amides is 1. The molecule has 0 aliphatic carbocycles. The highest BCUT2D eigenvalue weighted by Gasteiger charge is 2.31. The normalized spacial score (nSPS) is 17.7. The van der Waals surface area contributed by atoms with E-state index in [4.69, 9.17) is 14.4 Å². The fraction of sp³-hybridized carbons (Fsp3) is 0.438. The highest BCUT2D eigenvalue weighted by atomic mass is 16.5. The smallest absolute Gasteiger partial charge is 0.407 e. The summed E-state index contributed by atoms with van der Waals surface area (Å²) in [6.07, 6.45) is 1.51. The van der Waals surface area contributed by atoms with Crippen molar-refractivity contribution in [1.82, 2.24) is 15.0 Å². The molecule has 1 aliphatic rings. The minimum absolute atomic E-state index is 0.0191. The lowest BCUT2D eigenvalue weighted by atomic mass is 10.0. The Balaban J connectivity index is 1.63. The number of carbonyl (C=O) groups is 1. The second kappa shape index (κ2) is 7.31. The van der Waals surface area contributed by atoms with E-state index >= 15 is 0 Å². The molecule has 3 rings (SSSR count). The van der Waals surface area contributed by atoms with E-state index in [2.05, 4.69) is 10.1 Å². The van der Waals surface area contributed by atoms with Crippen molar-refractivity contribution in [3.05, 3.63) is 41.5 Å². The van der Waals surface area contributed by atoms with E-state index in [1.54, 1.807) is 24.3 Å². The molecule has 2 aromatic rings. The molecule has 24 heavy (non-hydrogen) atoms. The van der Waals surface area contributed by atoms with Crippen LogP contribution in [-0.2, 0) is 13.2 Å². The van der Waals surface area contributed by atoms with Gasteiger partial charge in [-0.25, -0.2) is 4.79 Å². The fourth-order valence-corrected chi connectivity index (χ4v) is 2.73. The SMILES string of the molecule is O=C(O)N1CCCC[C@H]1c1noc(COc2ccc(CO)cc2)n1. The monoisotopic (exact) mass is 333 g/mol. The maximum atomic E-state index is 11.3. The lowest BCUT2D eigenvalue weighted by Gasteiger charge is -2.31. The summed E-state index contributed by atoms with van der Waals surface area (Å²) in [5.41, 5.74) is 0.800. The molecule has 1 fully saturated rings. The molecule has 1 aliphatic heterocycles.